The van der Waals surface area contributed by atoms with Gasteiger partial charge in [0.25, 0.3) is 0 Å². The molecule has 0 radical (unpaired) electrons. The zero-order chi connectivity index (χ0) is 11.5. The third-order valence-corrected chi connectivity index (χ3v) is 2.31. The Morgan fingerprint density at radius 1 is 1.25 bits per heavy atom. The molecule has 84 valence electrons. The lowest BCUT2D eigenvalue weighted by atomic mass is 10.3. The van der Waals surface area contributed by atoms with Gasteiger partial charge in [-0.2, -0.15) is 5.10 Å². The van der Waals surface area contributed by atoms with Crippen molar-refractivity contribution in [2.24, 2.45) is 0 Å². The summed E-state index contributed by atoms with van der Waals surface area (Å²) in [7, 11) is 0. The van der Waals surface area contributed by atoms with Gasteiger partial charge >= 0.3 is 0 Å². The number of rotatable bonds is 3. The Morgan fingerprint density at radius 2 is 2.06 bits per heavy atom. The summed E-state index contributed by atoms with van der Waals surface area (Å²) < 4.78 is 27.6. The molecule has 0 spiro atoms. The molecule has 2 aromatic rings. The van der Waals surface area contributed by atoms with Crippen molar-refractivity contribution in [2.75, 3.05) is 0 Å². The lowest BCUT2D eigenvalue weighted by molar-refractivity contribution is 0.573. The number of nitrogens with zero attached hydrogens (tertiary/aromatic N) is 2. The molecule has 0 aliphatic heterocycles. The average molecular weight is 222 g/mol. The van der Waals surface area contributed by atoms with Crippen LogP contribution in [0.25, 0.3) is 5.69 Å². The second-order valence-corrected chi connectivity index (χ2v) is 3.60. The highest BCUT2D eigenvalue weighted by molar-refractivity contribution is 5.33. The van der Waals surface area contributed by atoms with Gasteiger partial charge in [0.15, 0.2) is 5.82 Å². The predicted octanol–water partition coefficient (Wildman–Crippen LogP) is 3.10. The Morgan fingerprint density at radius 3 is 2.75 bits per heavy atom. The van der Waals surface area contributed by atoms with Crippen molar-refractivity contribution in [3.05, 3.63) is 47.8 Å². The van der Waals surface area contributed by atoms with Crippen molar-refractivity contribution in [3.8, 4) is 5.69 Å². The Labute approximate surface area is 92.5 Å². The van der Waals surface area contributed by atoms with Crippen molar-refractivity contribution < 1.29 is 8.78 Å². The van der Waals surface area contributed by atoms with E-state index < -0.39 is 11.6 Å². The molecule has 1 heterocycles. The first-order chi connectivity index (χ1) is 7.70. The maximum absolute atomic E-state index is 13.4. The lowest BCUT2D eigenvalue weighted by Gasteiger charge is -2.02. The van der Waals surface area contributed by atoms with Gasteiger partial charge in [-0.15, -0.1) is 0 Å². The summed E-state index contributed by atoms with van der Waals surface area (Å²) in [6, 6.07) is 5.30. The summed E-state index contributed by atoms with van der Waals surface area (Å²) in [6.07, 6.45) is 3.53. The topological polar surface area (TPSA) is 17.8 Å². The van der Waals surface area contributed by atoms with Gasteiger partial charge in [-0.05, 0) is 24.6 Å². The second kappa shape index (κ2) is 4.43. The fourth-order valence-corrected chi connectivity index (χ4v) is 1.55. The van der Waals surface area contributed by atoms with Gasteiger partial charge in [0.2, 0.25) is 0 Å². The molecule has 0 unspecified atom stereocenters. The summed E-state index contributed by atoms with van der Waals surface area (Å²) in [6.45, 7) is 2.05. The molecular formula is C12H12F2N2. The molecule has 1 aromatic heterocycles. The van der Waals surface area contributed by atoms with Crippen LogP contribution in [0.15, 0.2) is 30.5 Å². The second-order valence-electron chi connectivity index (χ2n) is 3.60. The maximum Gasteiger partial charge on any atom is 0.151 e. The molecule has 0 N–H and O–H groups in total. The third kappa shape index (κ3) is 2.10. The van der Waals surface area contributed by atoms with Crippen LogP contribution in [0.3, 0.4) is 0 Å². The monoisotopic (exact) mass is 222 g/mol. The van der Waals surface area contributed by atoms with Crippen molar-refractivity contribution >= 4 is 0 Å². The minimum Gasteiger partial charge on any atom is -0.238 e. The van der Waals surface area contributed by atoms with E-state index in [-0.39, 0.29) is 5.69 Å². The van der Waals surface area contributed by atoms with E-state index in [0.29, 0.717) is 0 Å². The van der Waals surface area contributed by atoms with Crippen molar-refractivity contribution in [1.29, 1.82) is 0 Å². The maximum atomic E-state index is 13.4. The molecule has 2 rings (SSSR count). The lowest BCUT2D eigenvalue weighted by Crippen LogP contribution is -1.99. The van der Waals surface area contributed by atoms with E-state index in [4.69, 9.17) is 0 Å². The third-order valence-electron chi connectivity index (χ3n) is 2.31. The quantitative estimate of drug-likeness (QED) is 0.780. The van der Waals surface area contributed by atoms with Gasteiger partial charge in [-0.25, -0.2) is 13.5 Å². The largest absolute Gasteiger partial charge is 0.238 e. The van der Waals surface area contributed by atoms with Crippen LogP contribution in [-0.4, -0.2) is 9.78 Å². The summed E-state index contributed by atoms with van der Waals surface area (Å²) in [4.78, 5) is 0. The number of hydrogen-bond acceptors (Lipinski definition) is 1. The van der Waals surface area contributed by atoms with E-state index in [1.54, 1.807) is 6.20 Å². The zero-order valence-electron chi connectivity index (χ0n) is 8.95. The zero-order valence-corrected chi connectivity index (χ0v) is 8.95. The van der Waals surface area contributed by atoms with Crippen LogP contribution in [0.5, 0.6) is 0 Å². The van der Waals surface area contributed by atoms with Crippen LogP contribution in [0, 0.1) is 11.6 Å². The molecule has 0 aliphatic carbocycles. The molecule has 4 heteroatoms. The van der Waals surface area contributed by atoms with Crippen LogP contribution in [-0.2, 0) is 6.42 Å². The van der Waals surface area contributed by atoms with E-state index >= 15 is 0 Å². The van der Waals surface area contributed by atoms with Crippen molar-refractivity contribution in [3.63, 3.8) is 0 Å². The summed E-state index contributed by atoms with van der Waals surface area (Å²) >= 11 is 0. The number of halogens is 2. The fourth-order valence-electron chi connectivity index (χ4n) is 1.55. The first kappa shape index (κ1) is 10.8. The Balaban J connectivity index is 2.35. The summed E-state index contributed by atoms with van der Waals surface area (Å²) in [5, 5.41) is 4.21. The predicted molar refractivity (Wildman–Crippen MR) is 57.5 cm³/mol. The Kier molecular flexibility index (Phi) is 2.99. The first-order valence-corrected chi connectivity index (χ1v) is 5.20. The van der Waals surface area contributed by atoms with Gasteiger partial charge in [-0.3, -0.25) is 0 Å². The summed E-state index contributed by atoms with van der Waals surface area (Å²) in [5.41, 5.74) is 1.18. The normalized spacial score (nSPS) is 10.7. The minimum absolute atomic E-state index is 0.267. The summed E-state index contributed by atoms with van der Waals surface area (Å²) in [5.74, 6) is -1.19. The molecule has 0 fully saturated rings. The van der Waals surface area contributed by atoms with Crippen molar-refractivity contribution in [2.45, 2.75) is 19.8 Å². The van der Waals surface area contributed by atoms with Crippen LogP contribution >= 0.6 is 0 Å². The van der Waals surface area contributed by atoms with E-state index in [2.05, 4.69) is 12.0 Å². The van der Waals surface area contributed by atoms with Gasteiger partial charge in [0.05, 0.1) is 5.69 Å². The van der Waals surface area contributed by atoms with E-state index in [0.717, 1.165) is 24.6 Å². The Hall–Kier alpha value is -1.71. The van der Waals surface area contributed by atoms with E-state index in [1.807, 2.05) is 6.07 Å². The molecule has 0 aliphatic rings. The standard InChI is InChI=1S/C12H12F2N2/c1-2-3-10-6-7-16(15-10)12-5-4-9(13)8-11(12)14/h4-8H,2-3H2,1H3. The van der Waals surface area contributed by atoms with Crippen LogP contribution < -0.4 is 0 Å². The van der Waals surface area contributed by atoms with Gasteiger partial charge in [0, 0.05) is 12.3 Å². The van der Waals surface area contributed by atoms with Crippen LogP contribution in [0.1, 0.15) is 19.0 Å². The van der Waals surface area contributed by atoms with Crippen LogP contribution in [0.2, 0.25) is 0 Å². The first-order valence-electron chi connectivity index (χ1n) is 5.20. The molecule has 0 saturated heterocycles. The fraction of sp³-hybridized carbons (Fsp3) is 0.250. The van der Waals surface area contributed by atoms with Gasteiger partial charge < -0.3 is 0 Å². The molecule has 1 aromatic carbocycles. The highest BCUT2D eigenvalue weighted by Gasteiger charge is 2.07. The average Bonchev–Trinajstić information content (AvgIpc) is 2.67. The molecule has 0 bridgehead atoms. The molecular weight excluding hydrogens is 210 g/mol. The molecule has 2 nitrogen and oxygen atoms in total. The van der Waals surface area contributed by atoms with Gasteiger partial charge in [-0.1, -0.05) is 13.3 Å². The number of aromatic nitrogens is 2. The minimum atomic E-state index is -0.605. The number of hydrogen-bond donors (Lipinski definition) is 0. The van der Waals surface area contributed by atoms with Crippen molar-refractivity contribution in [1.82, 2.24) is 9.78 Å². The molecule has 0 atom stereocenters. The smallest absolute Gasteiger partial charge is 0.151 e. The molecule has 0 saturated carbocycles. The Bertz CT molecular complexity index is 492. The molecule has 16 heavy (non-hydrogen) atoms. The number of benzene rings is 1. The van der Waals surface area contributed by atoms with E-state index in [1.165, 1.54) is 16.8 Å². The molecule has 0 amide bonds. The SMILES string of the molecule is CCCc1ccn(-c2ccc(F)cc2F)n1. The number of aryl methyl sites for hydroxylation is 1. The van der Waals surface area contributed by atoms with Crippen LogP contribution in [0.4, 0.5) is 8.78 Å². The van der Waals surface area contributed by atoms with E-state index in [9.17, 15) is 8.78 Å². The van der Waals surface area contributed by atoms with Gasteiger partial charge in [0.1, 0.15) is 11.5 Å². The highest BCUT2D eigenvalue weighted by atomic mass is 19.1. The highest BCUT2D eigenvalue weighted by Crippen LogP contribution is 2.14.